The van der Waals surface area contributed by atoms with Crippen molar-refractivity contribution >= 4 is 15.7 Å². The molecule has 0 spiro atoms. The Hall–Kier alpha value is 0.0949. The summed E-state index contributed by atoms with van der Waals surface area (Å²) < 4.78 is 30.5. The van der Waals surface area contributed by atoms with E-state index in [-0.39, 0.29) is 6.61 Å². The van der Waals surface area contributed by atoms with Gasteiger partial charge in [-0.15, -0.1) is 0 Å². The average Bonchev–Trinajstić information content (AvgIpc) is 2.47. The Labute approximate surface area is 89.9 Å². The molecular weight excluding hydrogens is 222 g/mol. The highest BCUT2D eigenvalue weighted by atomic mass is 31.2. The van der Waals surface area contributed by atoms with Crippen LogP contribution in [0.5, 0.6) is 0 Å². The minimum atomic E-state index is -4.00. The van der Waals surface area contributed by atoms with Gasteiger partial charge in [0.2, 0.25) is 0 Å². The normalized spacial score (nSPS) is 35.3. The molecule has 1 saturated heterocycles. The van der Waals surface area contributed by atoms with Crippen molar-refractivity contribution in [1.82, 2.24) is 0 Å². The quantitative estimate of drug-likeness (QED) is 0.536. The molecule has 6 nitrogen and oxygen atoms in total. The van der Waals surface area contributed by atoms with Crippen LogP contribution in [0.25, 0.3) is 0 Å². The smallest absolute Gasteiger partial charge is 0.382 e. The summed E-state index contributed by atoms with van der Waals surface area (Å²) >= 11 is 0. The van der Waals surface area contributed by atoms with Crippen LogP contribution >= 0.6 is 7.82 Å². The number of phosphoric ester groups is 1. The second kappa shape index (κ2) is 5.43. The molecule has 0 amide bonds. The predicted octanol–water partition coefficient (Wildman–Crippen LogP) is 0.0483. The van der Waals surface area contributed by atoms with Crippen LogP contribution in [0, 0.1) is 0 Å². The van der Waals surface area contributed by atoms with E-state index in [1.54, 1.807) is 0 Å². The summed E-state index contributed by atoms with van der Waals surface area (Å²) in [4.78, 5) is 9.13. The van der Waals surface area contributed by atoms with Crippen molar-refractivity contribution < 1.29 is 28.0 Å². The van der Waals surface area contributed by atoms with Gasteiger partial charge >= 0.3 is 7.82 Å². The van der Waals surface area contributed by atoms with Crippen molar-refractivity contribution in [3.8, 4) is 0 Å². The topological polar surface area (TPSA) is 74.2 Å². The van der Waals surface area contributed by atoms with Crippen LogP contribution in [-0.4, -0.2) is 51.8 Å². The van der Waals surface area contributed by atoms with E-state index in [0.717, 1.165) is 7.11 Å². The Balaban J connectivity index is 2.55. The van der Waals surface area contributed by atoms with Crippen LogP contribution < -0.4 is 0 Å². The maximum absolute atomic E-state index is 11.2. The van der Waals surface area contributed by atoms with Crippen LogP contribution in [0.4, 0.5) is 0 Å². The molecule has 15 heavy (non-hydrogen) atoms. The van der Waals surface area contributed by atoms with E-state index in [0.29, 0.717) is 6.42 Å². The number of phosphoric acid groups is 1. The molecule has 2 unspecified atom stereocenters. The first-order valence-corrected chi connectivity index (χ1v) is 5.95. The third-order valence-electron chi connectivity index (χ3n) is 2.06. The second-order valence-corrected chi connectivity index (χ2v) is 4.71. The molecule has 0 saturated carbocycles. The van der Waals surface area contributed by atoms with E-state index in [1.807, 2.05) is 0 Å². The number of hydrogen-bond acceptors (Lipinski definition) is 5. The molecule has 1 N–H and O–H groups in total. The van der Waals surface area contributed by atoms with Gasteiger partial charge in [-0.3, -0.25) is 9.05 Å². The van der Waals surface area contributed by atoms with Gasteiger partial charge in [-0.25, -0.2) is 4.57 Å². The summed E-state index contributed by atoms with van der Waals surface area (Å²) in [5.74, 6) is 0. The zero-order chi connectivity index (χ0) is 11.5. The van der Waals surface area contributed by atoms with Gasteiger partial charge in [0.05, 0.1) is 12.7 Å². The van der Waals surface area contributed by atoms with Crippen molar-refractivity contribution in [3.63, 3.8) is 0 Å². The molecule has 1 heterocycles. The van der Waals surface area contributed by atoms with E-state index < -0.39 is 26.0 Å². The van der Waals surface area contributed by atoms with Crippen molar-refractivity contribution in [2.45, 2.75) is 24.6 Å². The summed E-state index contributed by atoms with van der Waals surface area (Å²) in [6, 6.07) is -0.507. The lowest BCUT2D eigenvalue weighted by Crippen LogP contribution is -2.28. The van der Waals surface area contributed by atoms with Gasteiger partial charge in [-0.2, -0.15) is 0 Å². The molecular formula is C7H14BO6P. The maximum Gasteiger partial charge on any atom is 0.472 e. The molecule has 86 valence electrons. The van der Waals surface area contributed by atoms with Gasteiger partial charge in [-0.1, -0.05) is 0 Å². The first kappa shape index (κ1) is 13.2. The third-order valence-corrected chi connectivity index (χ3v) is 3.06. The number of hydrogen-bond donors (Lipinski definition) is 1. The summed E-state index contributed by atoms with van der Waals surface area (Å²) in [6.07, 6.45) is -0.696. The molecule has 2 radical (unpaired) electrons. The highest BCUT2D eigenvalue weighted by Crippen LogP contribution is 2.46. The fourth-order valence-corrected chi connectivity index (χ4v) is 2.03. The minimum Gasteiger partial charge on any atom is -0.382 e. The summed E-state index contributed by atoms with van der Waals surface area (Å²) in [7, 11) is 4.13. The van der Waals surface area contributed by atoms with Gasteiger partial charge in [0.15, 0.2) is 0 Å². The first-order chi connectivity index (χ1) is 6.98. The number of methoxy groups -OCH3 is 1. The molecule has 0 aromatic heterocycles. The predicted molar refractivity (Wildman–Crippen MR) is 52.6 cm³/mol. The standard InChI is InChI=1S/C7H14BO6P/c1-11-4-6-5(3-7(8)13-6)14-15(9,10)12-2/h5-7H,3-4H2,1-2H3,(H,9,10)/t5?,6-,7-/m1/s1. The highest BCUT2D eigenvalue weighted by Gasteiger charge is 2.38. The first-order valence-electron chi connectivity index (χ1n) is 4.45. The Morgan fingerprint density at radius 1 is 1.60 bits per heavy atom. The van der Waals surface area contributed by atoms with Gasteiger partial charge in [-0.05, 0) is 6.42 Å². The highest BCUT2D eigenvalue weighted by molar-refractivity contribution is 7.47. The minimum absolute atomic E-state index is 0.252. The largest absolute Gasteiger partial charge is 0.472 e. The van der Waals surface area contributed by atoms with E-state index in [2.05, 4.69) is 4.52 Å². The molecule has 4 atom stereocenters. The van der Waals surface area contributed by atoms with E-state index in [4.69, 9.17) is 26.7 Å². The molecule has 0 aliphatic carbocycles. The van der Waals surface area contributed by atoms with Crippen molar-refractivity contribution in [3.05, 3.63) is 0 Å². The lowest BCUT2D eigenvalue weighted by molar-refractivity contribution is -0.0183. The van der Waals surface area contributed by atoms with Gasteiger partial charge in [0.1, 0.15) is 14.0 Å². The lowest BCUT2D eigenvalue weighted by Gasteiger charge is -2.19. The van der Waals surface area contributed by atoms with Crippen LogP contribution in [0.2, 0.25) is 0 Å². The Kier molecular flexibility index (Phi) is 4.77. The summed E-state index contributed by atoms with van der Waals surface area (Å²) in [5.41, 5.74) is 0. The molecule has 1 rings (SSSR count). The lowest BCUT2D eigenvalue weighted by atomic mass is 9.96. The SMILES string of the molecule is [B][C@H]1CC(OP(=O)(O)OC)[C@@H](COC)O1. The van der Waals surface area contributed by atoms with E-state index >= 15 is 0 Å². The van der Waals surface area contributed by atoms with Crippen molar-refractivity contribution in [2.75, 3.05) is 20.8 Å². The van der Waals surface area contributed by atoms with Gasteiger partial charge < -0.3 is 14.4 Å². The Morgan fingerprint density at radius 2 is 2.27 bits per heavy atom. The van der Waals surface area contributed by atoms with Crippen LogP contribution in [0.1, 0.15) is 6.42 Å². The zero-order valence-corrected chi connectivity index (χ0v) is 9.55. The third kappa shape index (κ3) is 3.87. The summed E-state index contributed by atoms with van der Waals surface area (Å²) in [6.45, 7) is 0.252. The molecule has 1 fully saturated rings. The summed E-state index contributed by atoms with van der Waals surface area (Å²) in [5, 5.41) is 0. The molecule has 0 bridgehead atoms. The van der Waals surface area contributed by atoms with Gasteiger partial charge in [0.25, 0.3) is 0 Å². The maximum atomic E-state index is 11.2. The van der Waals surface area contributed by atoms with Crippen LogP contribution in [0.15, 0.2) is 0 Å². The fourth-order valence-electron chi connectivity index (χ4n) is 1.38. The fraction of sp³-hybridized carbons (Fsp3) is 1.00. The zero-order valence-electron chi connectivity index (χ0n) is 8.66. The van der Waals surface area contributed by atoms with Crippen molar-refractivity contribution in [2.24, 2.45) is 0 Å². The number of ether oxygens (including phenoxy) is 2. The van der Waals surface area contributed by atoms with Crippen molar-refractivity contribution in [1.29, 1.82) is 0 Å². The molecule has 0 aromatic carbocycles. The van der Waals surface area contributed by atoms with Crippen LogP contribution in [0.3, 0.4) is 0 Å². The second-order valence-electron chi connectivity index (χ2n) is 3.20. The van der Waals surface area contributed by atoms with Gasteiger partial charge in [0, 0.05) is 20.2 Å². The molecule has 8 heteroatoms. The molecule has 1 aliphatic heterocycles. The monoisotopic (exact) mass is 236 g/mol. The average molecular weight is 236 g/mol. The van der Waals surface area contributed by atoms with Crippen LogP contribution in [-0.2, 0) is 23.1 Å². The Morgan fingerprint density at radius 3 is 2.80 bits per heavy atom. The van der Waals surface area contributed by atoms with E-state index in [1.165, 1.54) is 7.11 Å². The Bertz CT molecular complexity index is 250. The van der Waals surface area contributed by atoms with E-state index in [9.17, 15) is 4.57 Å². The number of rotatable bonds is 5. The molecule has 1 aliphatic rings. The molecule has 0 aromatic rings.